The SMILES string of the molecule is Oc1cc(C(=S)[O][PbH]=[S])cc(O)c1O. The van der Waals surface area contributed by atoms with Crippen molar-refractivity contribution in [2.24, 2.45) is 0 Å². The van der Waals surface area contributed by atoms with E-state index in [0.29, 0.717) is 5.56 Å². The summed E-state index contributed by atoms with van der Waals surface area (Å²) in [5.41, 5.74) is 0.342. The van der Waals surface area contributed by atoms with E-state index in [1.807, 2.05) is 0 Å². The van der Waals surface area contributed by atoms with Crippen molar-refractivity contribution in [3.8, 4) is 17.2 Å². The maximum atomic E-state index is 9.16. The molecular formula is C7H6O4PbS2. The standard InChI is InChI=1S/C7H6O4S.Pb.S.H/c8-4-1-3(7(11)12)2-5(9)6(4)10;;;/h1-2,8-10H,(H,11,12);;;/q;+1;;/p-1. The molecule has 0 saturated heterocycles. The zero-order valence-corrected chi connectivity index (χ0v) is 12.9. The van der Waals surface area contributed by atoms with E-state index in [1.165, 1.54) is 12.1 Å². The molecule has 7 heteroatoms. The van der Waals surface area contributed by atoms with Crippen LogP contribution in [0.4, 0.5) is 0 Å². The Kier molecular flexibility index (Phi) is 4.14. The van der Waals surface area contributed by atoms with Crippen molar-refractivity contribution in [2.75, 3.05) is 0 Å². The first kappa shape index (κ1) is 11.7. The molecule has 0 aliphatic rings. The van der Waals surface area contributed by atoms with Crippen LogP contribution in [-0.2, 0) is 2.69 Å². The monoisotopic (exact) mass is 426 g/mol. The molecule has 1 aromatic rings. The molecule has 0 heterocycles. The molecular weight excluding hydrogens is 419 g/mol. The molecule has 1 aromatic carbocycles. The van der Waals surface area contributed by atoms with Crippen LogP contribution in [0, 0.1) is 0 Å². The molecule has 4 nitrogen and oxygen atoms in total. The molecule has 0 spiro atoms. The zero-order chi connectivity index (χ0) is 10.7. The van der Waals surface area contributed by atoms with Gasteiger partial charge in [0, 0.05) is 0 Å². The Balaban J connectivity index is 3.12. The maximum absolute atomic E-state index is 9.16. The minimum atomic E-state index is -1.64. The summed E-state index contributed by atoms with van der Waals surface area (Å²) >= 11 is 3.21. The molecule has 0 amide bonds. The van der Waals surface area contributed by atoms with Crippen LogP contribution < -0.4 is 0 Å². The number of thiocarbonyl (C=S) groups is 1. The van der Waals surface area contributed by atoms with E-state index < -0.39 is 39.9 Å². The first-order chi connectivity index (χ1) is 6.56. The topological polar surface area (TPSA) is 69.9 Å². The second-order valence-corrected chi connectivity index (χ2v) is 6.09. The first-order valence-corrected chi connectivity index (χ1v) is 11.7. The van der Waals surface area contributed by atoms with Gasteiger partial charge < -0.3 is 0 Å². The second-order valence-electron chi connectivity index (χ2n) is 2.36. The molecule has 0 unspecified atom stereocenters. The van der Waals surface area contributed by atoms with E-state index >= 15 is 0 Å². The number of hydrogen-bond acceptors (Lipinski definition) is 6. The van der Waals surface area contributed by atoms with E-state index in [2.05, 4.69) is 0 Å². The van der Waals surface area contributed by atoms with Crippen LogP contribution >= 0.6 is 20.9 Å². The van der Waals surface area contributed by atoms with Gasteiger partial charge in [-0.25, -0.2) is 0 Å². The van der Waals surface area contributed by atoms with Gasteiger partial charge >= 0.3 is 101 Å². The Hall–Kier alpha value is -0.348. The van der Waals surface area contributed by atoms with Crippen LogP contribution in [-0.4, -0.2) is 43.0 Å². The Morgan fingerprint density at radius 2 is 1.71 bits per heavy atom. The summed E-state index contributed by atoms with van der Waals surface area (Å²) < 4.78 is 5.03. The summed E-state index contributed by atoms with van der Waals surface area (Å²) in [6.45, 7) is 0. The average Bonchev–Trinajstić information content (AvgIpc) is 2.13. The van der Waals surface area contributed by atoms with Gasteiger partial charge in [0.05, 0.1) is 0 Å². The summed E-state index contributed by atoms with van der Waals surface area (Å²) in [4.78, 5) is 0. The van der Waals surface area contributed by atoms with Crippen molar-refractivity contribution in [3.05, 3.63) is 17.7 Å². The fraction of sp³-hybridized carbons (Fsp3) is 0. The molecule has 14 heavy (non-hydrogen) atoms. The van der Waals surface area contributed by atoms with E-state index in [1.54, 1.807) is 0 Å². The Morgan fingerprint density at radius 1 is 1.21 bits per heavy atom. The average molecular weight is 425 g/mol. The third kappa shape index (κ3) is 2.58. The zero-order valence-electron chi connectivity index (χ0n) is 6.80. The van der Waals surface area contributed by atoms with Crippen molar-refractivity contribution in [2.45, 2.75) is 0 Å². The van der Waals surface area contributed by atoms with E-state index in [9.17, 15) is 0 Å². The van der Waals surface area contributed by atoms with Gasteiger partial charge in [0.2, 0.25) is 0 Å². The third-order valence-corrected chi connectivity index (χ3v) is 4.59. The molecule has 0 fully saturated rings. The number of rotatable bonds is 2. The van der Waals surface area contributed by atoms with Crippen LogP contribution in [0.1, 0.15) is 5.56 Å². The Labute approximate surface area is 101 Å². The van der Waals surface area contributed by atoms with E-state index in [4.69, 9.17) is 38.9 Å². The van der Waals surface area contributed by atoms with Gasteiger partial charge in [-0.1, -0.05) is 0 Å². The summed E-state index contributed by atoms with van der Waals surface area (Å²) in [5, 5.41) is 27.5. The molecule has 0 atom stereocenters. The summed E-state index contributed by atoms with van der Waals surface area (Å²) in [7, 11) is 4.74. The van der Waals surface area contributed by atoms with Crippen molar-refractivity contribution in [1.82, 2.24) is 0 Å². The number of hydrogen-bond donors (Lipinski definition) is 3. The molecule has 0 aliphatic heterocycles. The van der Waals surface area contributed by atoms with Gasteiger partial charge in [0.15, 0.2) is 0 Å². The number of benzene rings is 1. The summed E-state index contributed by atoms with van der Waals surface area (Å²) in [5.74, 6) is -1.45. The van der Waals surface area contributed by atoms with E-state index in [0.717, 1.165) is 0 Å². The Morgan fingerprint density at radius 3 is 2.14 bits per heavy atom. The van der Waals surface area contributed by atoms with Crippen LogP contribution in [0.3, 0.4) is 0 Å². The third-order valence-electron chi connectivity index (χ3n) is 1.46. The molecule has 0 radical (unpaired) electrons. The number of phenolic OH excluding ortho intramolecular Hbond substituents is 3. The minimum absolute atomic E-state index is 0.153. The predicted molar refractivity (Wildman–Crippen MR) is 59.0 cm³/mol. The molecule has 0 bridgehead atoms. The molecule has 1 rings (SSSR count). The first-order valence-electron chi connectivity index (χ1n) is 3.46. The molecule has 74 valence electrons. The molecule has 0 aromatic heterocycles. The van der Waals surface area contributed by atoms with Gasteiger partial charge in [-0.15, -0.1) is 0 Å². The normalized spacial score (nSPS) is 9.43. The van der Waals surface area contributed by atoms with Gasteiger partial charge in [0.1, 0.15) is 0 Å². The van der Waals surface area contributed by atoms with Crippen molar-refractivity contribution < 1.29 is 18.0 Å². The second kappa shape index (κ2) is 4.94. The van der Waals surface area contributed by atoms with Crippen molar-refractivity contribution >= 4 is 48.5 Å². The fourth-order valence-corrected chi connectivity index (χ4v) is 3.62. The Bertz CT molecular complexity index is 370. The van der Waals surface area contributed by atoms with Crippen LogP contribution in [0.2, 0.25) is 0 Å². The van der Waals surface area contributed by atoms with Crippen molar-refractivity contribution in [1.29, 1.82) is 0 Å². The van der Waals surface area contributed by atoms with Gasteiger partial charge in [0.25, 0.3) is 0 Å². The van der Waals surface area contributed by atoms with Crippen LogP contribution in [0.5, 0.6) is 17.2 Å². The fourth-order valence-electron chi connectivity index (χ4n) is 0.834. The van der Waals surface area contributed by atoms with Crippen LogP contribution in [0.15, 0.2) is 12.1 Å². The molecule has 3 N–H and O–H groups in total. The number of aromatic hydroxyl groups is 3. The van der Waals surface area contributed by atoms with E-state index in [-0.39, 0.29) is 5.05 Å². The summed E-state index contributed by atoms with van der Waals surface area (Å²) in [6, 6.07) is 2.43. The summed E-state index contributed by atoms with van der Waals surface area (Å²) in [6.07, 6.45) is 0. The van der Waals surface area contributed by atoms with Gasteiger partial charge in [-0.05, 0) is 0 Å². The quantitative estimate of drug-likeness (QED) is 0.373. The number of phenols is 3. The predicted octanol–water partition coefficient (Wildman–Crippen LogP) is 0.959. The van der Waals surface area contributed by atoms with Gasteiger partial charge in [-0.2, -0.15) is 0 Å². The van der Waals surface area contributed by atoms with Crippen LogP contribution in [0.25, 0.3) is 0 Å². The molecule has 0 saturated carbocycles. The van der Waals surface area contributed by atoms with Gasteiger partial charge in [-0.3, -0.25) is 0 Å². The molecule has 0 aliphatic carbocycles. The van der Waals surface area contributed by atoms with Crippen molar-refractivity contribution in [3.63, 3.8) is 0 Å².